The third-order valence-corrected chi connectivity index (χ3v) is 6.24. The van der Waals surface area contributed by atoms with E-state index in [2.05, 4.69) is 49.1 Å². The Labute approximate surface area is 181 Å². The van der Waals surface area contributed by atoms with Crippen LogP contribution in [0, 0.1) is 0 Å². The van der Waals surface area contributed by atoms with Gasteiger partial charge in [0, 0.05) is 50.2 Å². The Morgan fingerprint density at radius 1 is 1.10 bits per heavy atom. The van der Waals surface area contributed by atoms with Crippen LogP contribution in [0.15, 0.2) is 67.3 Å². The minimum absolute atomic E-state index is 0.0151. The molecule has 2 aliphatic rings. The molecule has 1 N–H and O–H groups in total. The van der Waals surface area contributed by atoms with Crippen molar-refractivity contribution in [3.05, 3.63) is 84.2 Å². The number of nitrogens with zero attached hydrogens (tertiary/aromatic N) is 4. The van der Waals surface area contributed by atoms with Crippen LogP contribution in [0.3, 0.4) is 0 Å². The van der Waals surface area contributed by atoms with Crippen LogP contribution in [0.4, 0.5) is 0 Å². The highest BCUT2D eigenvalue weighted by molar-refractivity contribution is 7.80. The summed E-state index contributed by atoms with van der Waals surface area (Å²) in [6, 6.07) is 14.5. The third kappa shape index (κ3) is 3.82. The first-order valence-electron chi connectivity index (χ1n) is 10.4. The summed E-state index contributed by atoms with van der Waals surface area (Å²) < 4.78 is 8.23. The monoisotopic (exact) mass is 419 g/mol. The lowest BCUT2D eigenvalue weighted by atomic mass is 10.0. The Hall–Kier alpha value is -2.77. The number of hydrogen-bond donors (Lipinski definition) is 1. The predicted octanol–water partition coefficient (Wildman–Crippen LogP) is 3.63. The molecular weight excluding hydrogens is 394 g/mol. The fraction of sp³-hybridized carbons (Fsp3) is 0.348. The minimum Gasteiger partial charge on any atom is -0.376 e. The van der Waals surface area contributed by atoms with E-state index in [4.69, 9.17) is 17.0 Å². The zero-order valence-electron chi connectivity index (χ0n) is 16.7. The van der Waals surface area contributed by atoms with Crippen LogP contribution in [-0.4, -0.2) is 37.3 Å². The van der Waals surface area contributed by atoms with Crippen LogP contribution in [0.1, 0.15) is 41.9 Å². The molecule has 5 heterocycles. The number of pyridine rings is 2. The van der Waals surface area contributed by atoms with Crippen molar-refractivity contribution in [1.82, 2.24) is 24.8 Å². The molecule has 0 bridgehead atoms. The van der Waals surface area contributed by atoms with Crippen molar-refractivity contribution >= 4 is 17.3 Å². The maximum Gasteiger partial charge on any atom is 0.170 e. The van der Waals surface area contributed by atoms with Crippen molar-refractivity contribution in [2.45, 2.75) is 44.1 Å². The van der Waals surface area contributed by atoms with E-state index in [1.54, 1.807) is 0 Å². The van der Waals surface area contributed by atoms with E-state index in [0.717, 1.165) is 36.8 Å². The van der Waals surface area contributed by atoms with Gasteiger partial charge in [0.25, 0.3) is 0 Å². The first kappa shape index (κ1) is 19.2. The van der Waals surface area contributed by atoms with E-state index in [1.807, 2.05) is 42.9 Å². The van der Waals surface area contributed by atoms with Gasteiger partial charge in [0.2, 0.25) is 0 Å². The summed E-state index contributed by atoms with van der Waals surface area (Å²) >= 11 is 5.79. The zero-order chi connectivity index (χ0) is 20.3. The summed E-state index contributed by atoms with van der Waals surface area (Å²) in [5.74, 6) is 0. The van der Waals surface area contributed by atoms with Gasteiger partial charge in [-0.25, -0.2) is 0 Å². The fourth-order valence-electron chi connectivity index (χ4n) is 4.45. The first-order valence-corrected chi connectivity index (χ1v) is 10.8. The summed E-state index contributed by atoms with van der Waals surface area (Å²) in [6.45, 7) is 2.44. The van der Waals surface area contributed by atoms with Gasteiger partial charge in [-0.1, -0.05) is 6.07 Å². The van der Waals surface area contributed by atoms with E-state index >= 15 is 0 Å². The Morgan fingerprint density at radius 2 is 2.00 bits per heavy atom. The van der Waals surface area contributed by atoms with Gasteiger partial charge >= 0.3 is 0 Å². The molecule has 2 saturated heterocycles. The molecule has 0 aromatic carbocycles. The molecule has 3 atom stereocenters. The molecular formula is C23H25N5OS. The highest BCUT2D eigenvalue weighted by atomic mass is 32.1. The van der Waals surface area contributed by atoms with Crippen molar-refractivity contribution in [2.24, 2.45) is 0 Å². The van der Waals surface area contributed by atoms with Crippen molar-refractivity contribution in [2.75, 3.05) is 6.61 Å². The SMILES string of the molecule is S=C1N[C@H](c2ccccn2)[C@H](c2cccn2C[C@@H]2CCCO2)N1Cc1ccncc1. The van der Waals surface area contributed by atoms with Gasteiger partial charge in [0.1, 0.15) is 0 Å². The second kappa shape index (κ2) is 8.53. The molecule has 0 saturated carbocycles. The van der Waals surface area contributed by atoms with Gasteiger partial charge in [-0.2, -0.15) is 0 Å². The summed E-state index contributed by atoms with van der Waals surface area (Å²) in [5, 5.41) is 4.28. The molecule has 0 amide bonds. The third-order valence-electron chi connectivity index (χ3n) is 5.89. The highest BCUT2D eigenvalue weighted by Crippen LogP contribution is 2.39. The number of nitrogens with one attached hydrogen (secondary N) is 1. The number of thiocarbonyl (C=S) groups is 1. The fourth-order valence-corrected chi connectivity index (χ4v) is 4.76. The first-order chi connectivity index (χ1) is 14.8. The van der Waals surface area contributed by atoms with Gasteiger partial charge in [0.15, 0.2) is 5.11 Å². The molecule has 0 radical (unpaired) electrons. The summed E-state index contributed by atoms with van der Waals surface area (Å²) in [7, 11) is 0. The Kier molecular flexibility index (Phi) is 5.46. The lowest BCUT2D eigenvalue weighted by Gasteiger charge is -2.29. The molecule has 0 unspecified atom stereocenters. The van der Waals surface area contributed by atoms with Gasteiger partial charge in [-0.05, 0) is 67.0 Å². The molecule has 2 aliphatic heterocycles. The number of rotatable bonds is 6. The Bertz CT molecular complexity index is 987. The molecule has 3 aromatic heterocycles. The lowest BCUT2D eigenvalue weighted by molar-refractivity contribution is 0.0953. The Balaban J connectivity index is 1.51. The largest absolute Gasteiger partial charge is 0.376 e. The summed E-state index contributed by atoms with van der Waals surface area (Å²) in [4.78, 5) is 11.1. The number of aromatic nitrogens is 3. The smallest absolute Gasteiger partial charge is 0.170 e. The number of hydrogen-bond acceptors (Lipinski definition) is 4. The van der Waals surface area contributed by atoms with Crippen molar-refractivity contribution in [3.63, 3.8) is 0 Å². The zero-order valence-corrected chi connectivity index (χ0v) is 17.5. The van der Waals surface area contributed by atoms with E-state index in [1.165, 1.54) is 11.3 Å². The molecule has 154 valence electrons. The molecule has 30 heavy (non-hydrogen) atoms. The molecule has 5 rings (SSSR count). The van der Waals surface area contributed by atoms with Gasteiger partial charge in [-0.3, -0.25) is 9.97 Å². The molecule has 6 nitrogen and oxygen atoms in total. The second-order valence-corrected chi connectivity index (χ2v) is 8.22. The van der Waals surface area contributed by atoms with Crippen LogP contribution < -0.4 is 5.32 Å². The van der Waals surface area contributed by atoms with Crippen molar-refractivity contribution in [1.29, 1.82) is 0 Å². The molecule has 3 aromatic rings. The van der Waals surface area contributed by atoms with Gasteiger partial charge < -0.3 is 19.5 Å². The van der Waals surface area contributed by atoms with E-state index in [9.17, 15) is 0 Å². The average molecular weight is 420 g/mol. The predicted molar refractivity (Wildman–Crippen MR) is 119 cm³/mol. The summed E-state index contributed by atoms with van der Waals surface area (Å²) in [6.07, 6.45) is 10.2. The van der Waals surface area contributed by atoms with Crippen LogP contribution in [-0.2, 0) is 17.8 Å². The summed E-state index contributed by atoms with van der Waals surface area (Å²) in [5.41, 5.74) is 3.40. The quantitative estimate of drug-likeness (QED) is 0.616. The van der Waals surface area contributed by atoms with E-state index in [0.29, 0.717) is 6.54 Å². The van der Waals surface area contributed by atoms with E-state index in [-0.39, 0.29) is 18.2 Å². The van der Waals surface area contributed by atoms with Crippen molar-refractivity contribution in [3.8, 4) is 0 Å². The van der Waals surface area contributed by atoms with Crippen LogP contribution in [0.2, 0.25) is 0 Å². The lowest BCUT2D eigenvalue weighted by Crippen LogP contribution is -2.30. The van der Waals surface area contributed by atoms with E-state index < -0.39 is 0 Å². The maximum absolute atomic E-state index is 5.90. The van der Waals surface area contributed by atoms with Crippen LogP contribution >= 0.6 is 12.2 Å². The molecule has 0 spiro atoms. The topological polar surface area (TPSA) is 55.2 Å². The Morgan fingerprint density at radius 3 is 2.77 bits per heavy atom. The highest BCUT2D eigenvalue weighted by Gasteiger charge is 2.41. The molecule has 2 fully saturated rings. The maximum atomic E-state index is 5.90. The normalized spacial score (nSPS) is 23.7. The van der Waals surface area contributed by atoms with Crippen LogP contribution in [0.25, 0.3) is 0 Å². The van der Waals surface area contributed by atoms with Crippen LogP contribution in [0.5, 0.6) is 0 Å². The molecule has 7 heteroatoms. The second-order valence-electron chi connectivity index (χ2n) is 7.83. The van der Waals surface area contributed by atoms with Gasteiger partial charge in [0.05, 0.1) is 23.9 Å². The minimum atomic E-state index is -0.0151. The average Bonchev–Trinajstić information content (AvgIpc) is 3.52. The number of ether oxygens (including phenoxy) is 1. The standard InChI is InChI=1S/C23H25N5OS/c30-23-26-21(19-6-1-2-10-25-19)22(28(23)15-17-8-11-24-12-9-17)20-7-3-13-27(20)16-18-5-4-14-29-18/h1-3,6-13,18,21-22H,4-5,14-16H2,(H,26,30)/t18-,21+,22-/m0/s1. The van der Waals surface area contributed by atoms with Crippen molar-refractivity contribution < 1.29 is 4.74 Å². The van der Waals surface area contributed by atoms with Gasteiger partial charge in [-0.15, -0.1) is 0 Å². The molecule has 0 aliphatic carbocycles.